The highest BCUT2D eigenvalue weighted by molar-refractivity contribution is 5.77. The largest absolute Gasteiger partial charge is 0.340 e. The zero-order chi connectivity index (χ0) is 13.3. The predicted octanol–water partition coefficient (Wildman–Crippen LogP) is 2.01. The third-order valence-corrected chi connectivity index (χ3v) is 3.04. The Morgan fingerprint density at radius 3 is 2.78 bits per heavy atom. The maximum Gasteiger partial charge on any atom is 0.337 e. The van der Waals surface area contributed by atoms with Gasteiger partial charge in [0.1, 0.15) is 0 Å². The molecule has 18 heavy (non-hydrogen) atoms. The Kier molecular flexibility index (Phi) is 3.30. The SMILES string of the molecule is CC(C)(C)C(=O)ON1CCc2cc(CN)ccc21. The van der Waals surface area contributed by atoms with E-state index in [1.54, 1.807) is 5.06 Å². The molecule has 2 N–H and O–H groups in total. The van der Waals surface area contributed by atoms with Crippen molar-refractivity contribution in [3.05, 3.63) is 29.3 Å². The molecule has 1 aromatic rings. The molecule has 0 amide bonds. The van der Waals surface area contributed by atoms with E-state index in [9.17, 15) is 4.79 Å². The van der Waals surface area contributed by atoms with Crippen LogP contribution >= 0.6 is 0 Å². The maximum absolute atomic E-state index is 11.9. The number of benzene rings is 1. The predicted molar refractivity (Wildman–Crippen MR) is 70.9 cm³/mol. The zero-order valence-electron chi connectivity index (χ0n) is 11.2. The quantitative estimate of drug-likeness (QED) is 0.870. The van der Waals surface area contributed by atoms with Crippen molar-refractivity contribution in [2.45, 2.75) is 33.7 Å². The van der Waals surface area contributed by atoms with Crippen LogP contribution in [0.25, 0.3) is 0 Å². The summed E-state index contributed by atoms with van der Waals surface area (Å²) in [5.41, 5.74) is 8.41. The van der Waals surface area contributed by atoms with Crippen LogP contribution in [0.1, 0.15) is 31.9 Å². The van der Waals surface area contributed by atoms with Gasteiger partial charge in [-0.25, -0.2) is 9.86 Å². The summed E-state index contributed by atoms with van der Waals surface area (Å²) in [6.45, 7) is 6.80. The lowest BCUT2D eigenvalue weighted by Gasteiger charge is -2.23. The van der Waals surface area contributed by atoms with E-state index in [1.165, 1.54) is 5.56 Å². The number of hydrogen-bond acceptors (Lipinski definition) is 4. The molecule has 0 spiro atoms. The van der Waals surface area contributed by atoms with E-state index in [0.29, 0.717) is 13.1 Å². The molecule has 0 aliphatic carbocycles. The monoisotopic (exact) mass is 248 g/mol. The first-order valence-corrected chi connectivity index (χ1v) is 6.23. The first-order valence-electron chi connectivity index (χ1n) is 6.23. The highest BCUT2D eigenvalue weighted by Crippen LogP contribution is 2.30. The van der Waals surface area contributed by atoms with Crippen LogP contribution in [0.3, 0.4) is 0 Å². The minimum absolute atomic E-state index is 0.210. The molecule has 1 heterocycles. The summed E-state index contributed by atoms with van der Waals surface area (Å²) in [7, 11) is 0. The lowest BCUT2D eigenvalue weighted by molar-refractivity contribution is -0.154. The Morgan fingerprint density at radius 1 is 1.44 bits per heavy atom. The van der Waals surface area contributed by atoms with E-state index >= 15 is 0 Å². The molecular weight excluding hydrogens is 228 g/mol. The minimum atomic E-state index is -0.486. The minimum Gasteiger partial charge on any atom is -0.340 e. The van der Waals surface area contributed by atoms with Crippen LogP contribution in [0.5, 0.6) is 0 Å². The van der Waals surface area contributed by atoms with Crippen LogP contribution in [-0.2, 0) is 22.6 Å². The standard InChI is InChI=1S/C14H20N2O2/c1-14(2,3)13(17)18-16-7-6-11-8-10(9-15)4-5-12(11)16/h4-5,8H,6-7,9,15H2,1-3H3. The van der Waals surface area contributed by atoms with E-state index in [2.05, 4.69) is 6.07 Å². The maximum atomic E-state index is 11.9. The van der Waals surface area contributed by atoms with Crippen LogP contribution in [0.2, 0.25) is 0 Å². The van der Waals surface area contributed by atoms with Gasteiger partial charge in [0, 0.05) is 6.54 Å². The van der Waals surface area contributed by atoms with E-state index in [4.69, 9.17) is 10.6 Å². The molecule has 4 heteroatoms. The van der Waals surface area contributed by atoms with E-state index < -0.39 is 5.41 Å². The molecule has 0 atom stereocenters. The topological polar surface area (TPSA) is 55.6 Å². The number of anilines is 1. The number of rotatable bonds is 2. The summed E-state index contributed by atoms with van der Waals surface area (Å²) in [6, 6.07) is 6.03. The molecule has 0 bridgehead atoms. The van der Waals surface area contributed by atoms with Crippen LogP contribution in [0.15, 0.2) is 18.2 Å². The van der Waals surface area contributed by atoms with Gasteiger partial charge in [-0.15, -0.1) is 0 Å². The first-order chi connectivity index (χ1) is 8.41. The Labute approximate surface area is 108 Å². The van der Waals surface area contributed by atoms with E-state index in [0.717, 1.165) is 17.7 Å². The molecule has 4 nitrogen and oxygen atoms in total. The zero-order valence-corrected chi connectivity index (χ0v) is 11.2. The van der Waals surface area contributed by atoms with Crippen molar-refractivity contribution < 1.29 is 9.63 Å². The van der Waals surface area contributed by atoms with Gasteiger partial charge in [0.15, 0.2) is 0 Å². The Hall–Kier alpha value is -1.55. The van der Waals surface area contributed by atoms with Crippen molar-refractivity contribution in [2.75, 3.05) is 11.6 Å². The fraction of sp³-hybridized carbons (Fsp3) is 0.500. The Bertz CT molecular complexity index is 463. The van der Waals surface area contributed by atoms with Gasteiger partial charge in [0.25, 0.3) is 0 Å². The average molecular weight is 248 g/mol. The van der Waals surface area contributed by atoms with Gasteiger partial charge in [0.2, 0.25) is 0 Å². The van der Waals surface area contributed by atoms with Crippen LogP contribution < -0.4 is 10.8 Å². The van der Waals surface area contributed by atoms with Crippen molar-refractivity contribution in [1.29, 1.82) is 0 Å². The normalized spacial score (nSPS) is 14.6. The number of hydroxylamine groups is 1. The van der Waals surface area contributed by atoms with E-state index in [-0.39, 0.29) is 5.97 Å². The number of fused-ring (bicyclic) bond motifs is 1. The van der Waals surface area contributed by atoms with Crippen molar-refractivity contribution in [2.24, 2.45) is 11.1 Å². The summed E-state index contributed by atoms with van der Waals surface area (Å²) in [6.07, 6.45) is 0.889. The molecule has 1 aliphatic heterocycles. The molecule has 2 rings (SSSR count). The molecule has 0 saturated carbocycles. The average Bonchev–Trinajstić information content (AvgIpc) is 2.70. The Balaban J connectivity index is 2.15. The number of nitrogens with two attached hydrogens (primary N) is 1. The second-order valence-corrected chi connectivity index (χ2v) is 5.65. The summed E-state index contributed by atoms with van der Waals surface area (Å²) in [4.78, 5) is 17.3. The molecule has 98 valence electrons. The molecule has 1 aromatic carbocycles. The number of hydrogen-bond donors (Lipinski definition) is 1. The van der Waals surface area contributed by atoms with Crippen LogP contribution in [0.4, 0.5) is 5.69 Å². The fourth-order valence-corrected chi connectivity index (χ4v) is 1.88. The molecule has 0 radical (unpaired) electrons. The van der Waals surface area contributed by atoms with Gasteiger partial charge >= 0.3 is 5.97 Å². The van der Waals surface area contributed by atoms with Gasteiger partial charge < -0.3 is 10.6 Å². The van der Waals surface area contributed by atoms with Crippen LogP contribution in [-0.4, -0.2) is 12.5 Å². The highest BCUT2D eigenvalue weighted by atomic mass is 16.7. The molecule has 0 fully saturated rings. The second kappa shape index (κ2) is 4.61. The lowest BCUT2D eigenvalue weighted by atomic mass is 9.98. The molecule has 0 unspecified atom stereocenters. The second-order valence-electron chi connectivity index (χ2n) is 5.65. The lowest BCUT2D eigenvalue weighted by Crippen LogP contribution is -2.32. The number of nitrogens with zero attached hydrogens (tertiary/aromatic N) is 1. The molecular formula is C14H20N2O2. The van der Waals surface area contributed by atoms with Gasteiger partial charge in [0.05, 0.1) is 17.6 Å². The van der Waals surface area contributed by atoms with Crippen molar-refractivity contribution in [3.63, 3.8) is 0 Å². The third kappa shape index (κ3) is 2.48. The number of carbonyl (C=O) groups is 1. The first kappa shape index (κ1) is 12.9. The van der Waals surface area contributed by atoms with E-state index in [1.807, 2.05) is 32.9 Å². The number of carbonyl (C=O) groups excluding carboxylic acids is 1. The molecule has 0 saturated heterocycles. The molecule has 0 aromatic heterocycles. The van der Waals surface area contributed by atoms with Crippen molar-refractivity contribution >= 4 is 11.7 Å². The summed E-state index contributed by atoms with van der Waals surface area (Å²) < 4.78 is 0. The summed E-state index contributed by atoms with van der Waals surface area (Å²) in [5.74, 6) is -0.210. The smallest absolute Gasteiger partial charge is 0.337 e. The van der Waals surface area contributed by atoms with Gasteiger partial charge in [-0.1, -0.05) is 12.1 Å². The highest BCUT2D eigenvalue weighted by Gasteiger charge is 2.29. The molecule has 1 aliphatic rings. The third-order valence-electron chi connectivity index (χ3n) is 3.04. The van der Waals surface area contributed by atoms with Crippen molar-refractivity contribution in [3.8, 4) is 0 Å². The Morgan fingerprint density at radius 2 is 2.17 bits per heavy atom. The summed E-state index contributed by atoms with van der Waals surface area (Å²) in [5, 5.41) is 1.68. The van der Waals surface area contributed by atoms with Crippen LogP contribution in [0, 0.1) is 5.41 Å². The van der Waals surface area contributed by atoms with Gasteiger partial charge in [-0.05, 0) is 44.4 Å². The van der Waals surface area contributed by atoms with Gasteiger partial charge in [-0.3, -0.25) is 0 Å². The fourth-order valence-electron chi connectivity index (χ4n) is 1.88. The van der Waals surface area contributed by atoms with Crippen molar-refractivity contribution in [1.82, 2.24) is 0 Å². The van der Waals surface area contributed by atoms with Gasteiger partial charge in [-0.2, -0.15) is 0 Å². The summed E-state index contributed by atoms with van der Waals surface area (Å²) >= 11 is 0.